The van der Waals surface area contributed by atoms with Gasteiger partial charge in [-0.15, -0.1) is 11.6 Å². The molecule has 0 spiro atoms. The molecule has 1 aromatic carbocycles. The lowest BCUT2D eigenvalue weighted by atomic mass is 9.85. The molecule has 0 amide bonds. The lowest BCUT2D eigenvalue weighted by molar-refractivity contribution is 0.341. The van der Waals surface area contributed by atoms with Crippen LogP contribution in [-0.2, 0) is 9.84 Å². The summed E-state index contributed by atoms with van der Waals surface area (Å²) in [5, 5.41) is 3.67. The summed E-state index contributed by atoms with van der Waals surface area (Å²) in [5.41, 5.74) is 0.966. The van der Waals surface area contributed by atoms with E-state index in [1.807, 2.05) is 19.1 Å². The van der Waals surface area contributed by atoms with Gasteiger partial charge in [-0.1, -0.05) is 6.92 Å². The molecule has 0 heterocycles. The van der Waals surface area contributed by atoms with Gasteiger partial charge in [0.25, 0.3) is 0 Å². The molecule has 5 heteroatoms. The molecule has 0 aromatic heterocycles. The maximum atomic E-state index is 11.9. The summed E-state index contributed by atoms with van der Waals surface area (Å²) in [4.78, 5) is 0.407. The highest BCUT2D eigenvalue weighted by Crippen LogP contribution is 2.31. The predicted octanol–water partition coefficient (Wildman–Crippen LogP) is 3.30. The molecule has 0 aliphatic heterocycles. The summed E-state index contributed by atoms with van der Waals surface area (Å²) in [6, 6.07) is 7.02. The van der Waals surface area contributed by atoms with Gasteiger partial charge < -0.3 is 5.32 Å². The molecule has 1 aliphatic carbocycles. The summed E-state index contributed by atoms with van der Waals surface area (Å²) < 4.78 is 23.7. The molecule has 1 aromatic rings. The van der Waals surface area contributed by atoms with Crippen molar-refractivity contribution in [3.63, 3.8) is 0 Å². The minimum Gasteiger partial charge on any atom is -0.385 e. The Labute approximate surface area is 120 Å². The Kier molecular flexibility index (Phi) is 4.74. The van der Waals surface area contributed by atoms with Crippen molar-refractivity contribution < 1.29 is 8.42 Å². The number of hydrogen-bond donors (Lipinski definition) is 1. The second kappa shape index (κ2) is 6.14. The molecule has 106 valence electrons. The minimum atomic E-state index is -3.10. The van der Waals surface area contributed by atoms with Gasteiger partial charge in [-0.3, -0.25) is 0 Å². The van der Waals surface area contributed by atoms with Gasteiger partial charge >= 0.3 is 0 Å². The highest BCUT2D eigenvalue weighted by molar-refractivity contribution is 7.91. The number of halogens is 1. The van der Waals surface area contributed by atoms with Crippen LogP contribution in [-0.4, -0.2) is 26.1 Å². The number of anilines is 1. The van der Waals surface area contributed by atoms with E-state index < -0.39 is 9.84 Å². The number of alkyl halides is 1. The van der Waals surface area contributed by atoms with Crippen molar-refractivity contribution in [2.24, 2.45) is 5.92 Å². The summed E-state index contributed by atoms with van der Waals surface area (Å²) in [7, 11) is -3.10. The Bertz CT molecular complexity index is 507. The van der Waals surface area contributed by atoms with Crippen molar-refractivity contribution in [3.05, 3.63) is 24.3 Å². The average molecular weight is 302 g/mol. The third kappa shape index (κ3) is 3.86. The molecule has 19 heavy (non-hydrogen) atoms. The van der Waals surface area contributed by atoms with Crippen LogP contribution in [0, 0.1) is 5.92 Å². The minimum absolute atomic E-state index is 0.207. The second-order valence-corrected chi connectivity index (χ2v) is 7.89. The molecule has 0 unspecified atom stereocenters. The highest BCUT2D eigenvalue weighted by atomic mass is 35.5. The third-order valence-corrected chi connectivity index (χ3v) is 5.75. The fourth-order valence-electron chi connectivity index (χ4n) is 2.25. The molecule has 1 saturated carbocycles. The van der Waals surface area contributed by atoms with Gasteiger partial charge in [0.1, 0.15) is 0 Å². The van der Waals surface area contributed by atoms with Gasteiger partial charge in [-0.05, 0) is 49.4 Å². The molecular formula is C14H20ClNO2S. The topological polar surface area (TPSA) is 46.2 Å². The van der Waals surface area contributed by atoms with E-state index in [4.69, 9.17) is 11.6 Å². The molecule has 0 radical (unpaired) electrons. The predicted molar refractivity (Wildman–Crippen MR) is 79.6 cm³/mol. The van der Waals surface area contributed by atoms with Gasteiger partial charge in [0.15, 0.2) is 9.84 Å². The number of nitrogens with one attached hydrogen (secondary N) is 1. The van der Waals surface area contributed by atoms with Crippen LogP contribution < -0.4 is 5.32 Å². The molecule has 1 aliphatic rings. The zero-order chi connectivity index (χ0) is 13.9. The van der Waals surface area contributed by atoms with E-state index in [-0.39, 0.29) is 5.75 Å². The van der Waals surface area contributed by atoms with Gasteiger partial charge in [0.2, 0.25) is 0 Å². The van der Waals surface area contributed by atoms with Crippen LogP contribution in [0.1, 0.15) is 26.2 Å². The molecule has 0 saturated heterocycles. The van der Waals surface area contributed by atoms with E-state index >= 15 is 0 Å². The van der Waals surface area contributed by atoms with Gasteiger partial charge in [0, 0.05) is 17.6 Å². The van der Waals surface area contributed by atoms with Crippen LogP contribution in [0.4, 0.5) is 5.69 Å². The van der Waals surface area contributed by atoms with E-state index in [1.54, 1.807) is 12.1 Å². The number of hydrogen-bond acceptors (Lipinski definition) is 3. The van der Waals surface area contributed by atoms with Crippen LogP contribution in [0.3, 0.4) is 0 Å². The molecule has 0 bridgehead atoms. The van der Waals surface area contributed by atoms with E-state index in [0.29, 0.717) is 22.6 Å². The van der Waals surface area contributed by atoms with Crippen molar-refractivity contribution in [2.45, 2.75) is 36.5 Å². The van der Waals surface area contributed by atoms with Crippen LogP contribution in [0.15, 0.2) is 29.2 Å². The first-order valence-electron chi connectivity index (χ1n) is 6.72. The smallest absolute Gasteiger partial charge is 0.178 e. The monoisotopic (exact) mass is 301 g/mol. The Morgan fingerprint density at radius 3 is 2.42 bits per heavy atom. The van der Waals surface area contributed by atoms with E-state index in [9.17, 15) is 8.42 Å². The molecule has 3 nitrogen and oxygen atoms in total. The first-order valence-corrected chi connectivity index (χ1v) is 8.81. The largest absolute Gasteiger partial charge is 0.385 e. The van der Waals surface area contributed by atoms with Gasteiger partial charge in [-0.25, -0.2) is 8.42 Å². The lowest BCUT2D eigenvalue weighted by Gasteiger charge is -2.31. The van der Waals surface area contributed by atoms with Gasteiger partial charge in [-0.2, -0.15) is 0 Å². The Morgan fingerprint density at radius 1 is 1.26 bits per heavy atom. The van der Waals surface area contributed by atoms with E-state index in [0.717, 1.165) is 25.1 Å². The maximum Gasteiger partial charge on any atom is 0.178 e. The average Bonchev–Trinajstić information content (AvgIpc) is 2.34. The van der Waals surface area contributed by atoms with Crippen LogP contribution >= 0.6 is 11.6 Å². The Hall–Kier alpha value is -0.740. The molecule has 1 fully saturated rings. The van der Waals surface area contributed by atoms with Crippen molar-refractivity contribution in [1.82, 2.24) is 0 Å². The number of rotatable bonds is 6. The van der Waals surface area contributed by atoms with Gasteiger partial charge in [0.05, 0.1) is 10.6 Å². The highest BCUT2D eigenvalue weighted by Gasteiger charge is 2.26. The standard InChI is InChI=1S/C14H20ClNO2S/c1-2-7-19(17,18)14-5-3-13(4-6-14)16-10-11-8-12(15)9-11/h3-6,11-12,16H,2,7-10H2,1H3. The third-order valence-electron chi connectivity index (χ3n) is 3.46. The Morgan fingerprint density at radius 2 is 1.89 bits per heavy atom. The zero-order valence-corrected chi connectivity index (χ0v) is 12.7. The fourth-order valence-corrected chi connectivity index (χ4v) is 4.08. The molecule has 1 N–H and O–H groups in total. The maximum absolute atomic E-state index is 11.9. The van der Waals surface area contributed by atoms with Crippen LogP contribution in [0.2, 0.25) is 0 Å². The summed E-state index contributed by atoms with van der Waals surface area (Å²) in [5.74, 6) is 0.852. The number of sulfone groups is 1. The molecular weight excluding hydrogens is 282 g/mol. The van der Waals surface area contributed by atoms with E-state index in [2.05, 4.69) is 5.32 Å². The van der Waals surface area contributed by atoms with Crippen molar-refractivity contribution in [3.8, 4) is 0 Å². The molecule has 0 atom stereocenters. The number of benzene rings is 1. The van der Waals surface area contributed by atoms with Crippen molar-refractivity contribution in [1.29, 1.82) is 0 Å². The summed E-state index contributed by atoms with van der Waals surface area (Å²) >= 11 is 5.93. The summed E-state index contributed by atoms with van der Waals surface area (Å²) in [6.45, 7) is 2.78. The SMILES string of the molecule is CCCS(=O)(=O)c1ccc(NCC2CC(Cl)C2)cc1. The Balaban J connectivity index is 1.91. The quantitative estimate of drug-likeness (QED) is 0.820. The molecule has 2 rings (SSSR count). The fraction of sp³-hybridized carbons (Fsp3) is 0.571. The van der Waals surface area contributed by atoms with E-state index in [1.165, 1.54) is 0 Å². The van der Waals surface area contributed by atoms with Crippen molar-refractivity contribution in [2.75, 3.05) is 17.6 Å². The van der Waals surface area contributed by atoms with Crippen molar-refractivity contribution >= 4 is 27.1 Å². The first kappa shape index (κ1) is 14.7. The summed E-state index contributed by atoms with van der Waals surface area (Å²) in [6.07, 6.45) is 2.78. The van der Waals surface area contributed by atoms with Crippen LogP contribution in [0.5, 0.6) is 0 Å². The van der Waals surface area contributed by atoms with Crippen LogP contribution in [0.25, 0.3) is 0 Å². The second-order valence-electron chi connectivity index (χ2n) is 5.16. The zero-order valence-electron chi connectivity index (χ0n) is 11.1. The normalized spacial score (nSPS) is 22.8. The first-order chi connectivity index (χ1) is 9.01. The lowest BCUT2D eigenvalue weighted by Crippen LogP contribution is -2.29.